The van der Waals surface area contributed by atoms with Crippen molar-refractivity contribution in [1.29, 1.82) is 0 Å². The van der Waals surface area contributed by atoms with Crippen LogP contribution in [0.4, 0.5) is 5.69 Å². The van der Waals surface area contributed by atoms with Crippen LogP contribution < -0.4 is 5.01 Å². The van der Waals surface area contributed by atoms with E-state index in [-0.39, 0.29) is 24.0 Å². The molecule has 7 nitrogen and oxygen atoms in total. The van der Waals surface area contributed by atoms with E-state index in [1.165, 1.54) is 11.8 Å². The summed E-state index contributed by atoms with van der Waals surface area (Å²) in [6, 6.07) is 16.2. The number of hydrazone groups is 1. The van der Waals surface area contributed by atoms with Gasteiger partial charge < -0.3 is 9.80 Å². The molecule has 2 aromatic carbocycles. The zero-order valence-corrected chi connectivity index (χ0v) is 18.4. The lowest BCUT2D eigenvalue weighted by molar-refractivity contribution is -0.124. The number of rotatable bonds is 7. The maximum Gasteiger partial charge on any atom is 0.270 e. The Morgan fingerprint density at radius 2 is 1.65 bits per heavy atom. The molecule has 0 saturated carbocycles. The molecule has 0 aliphatic carbocycles. The zero-order chi connectivity index (χ0) is 22.5. The summed E-state index contributed by atoms with van der Waals surface area (Å²) >= 11 is 0. The molecule has 0 saturated heterocycles. The molecule has 31 heavy (non-hydrogen) atoms. The topological polar surface area (TPSA) is 73.3 Å². The first-order valence-electron chi connectivity index (χ1n) is 10.3. The van der Waals surface area contributed by atoms with Crippen LogP contribution in [-0.4, -0.2) is 59.8 Å². The molecule has 1 unspecified atom stereocenters. The summed E-state index contributed by atoms with van der Waals surface area (Å²) in [6.45, 7) is 4.35. The van der Waals surface area contributed by atoms with Crippen molar-refractivity contribution in [3.8, 4) is 0 Å². The summed E-state index contributed by atoms with van der Waals surface area (Å²) in [7, 11) is 3.42. The number of hydrogen-bond acceptors (Lipinski definition) is 5. The maximum absolute atomic E-state index is 13.2. The molecule has 2 aromatic rings. The smallest absolute Gasteiger partial charge is 0.270 e. The van der Waals surface area contributed by atoms with Gasteiger partial charge in [0.2, 0.25) is 0 Å². The van der Waals surface area contributed by atoms with Gasteiger partial charge in [0.15, 0.2) is 5.78 Å². The van der Waals surface area contributed by atoms with Gasteiger partial charge in [-0.2, -0.15) is 5.10 Å². The molecule has 0 radical (unpaired) electrons. The Balaban J connectivity index is 1.77. The number of para-hydroxylation sites is 1. The fourth-order valence-electron chi connectivity index (χ4n) is 3.52. The predicted molar refractivity (Wildman–Crippen MR) is 121 cm³/mol. The normalized spacial score (nSPS) is 15.4. The van der Waals surface area contributed by atoms with E-state index in [2.05, 4.69) is 5.10 Å². The second-order valence-electron chi connectivity index (χ2n) is 7.77. The van der Waals surface area contributed by atoms with Crippen molar-refractivity contribution in [3.05, 3.63) is 65.7 Å². The number of carbonyl (C=O) groups is 3. The van der Waals surface area contributed by atoms with E-state index < -0.39 is 6.04 Å². The number of carbonyl (C=O) groups excluding carboxylic acids is 3. The molecule has 3 rings (SSSR count). The van der Waals surface area contributed by atoms with Crippen molar-refractivity contribution in [2.75, 3.05) is 25.6 Å². The Labute approximate surface area is 182 Å². The number of anilines is 1. The average Bonchev–Trinajstić information content (AvgIpc) is 3.23. The standard InChI is InChI=1S/C24H28N4O3/c1-5-27(16-18-11-13-19(14-12-18)23(30)26(3)4)24(31)21-15-22(17(2)29)28(25-21)20-9-7-6-8-10-20/h6-14,22H,5,15-16H2,1-4H3. The summed E-state index contributed by atoms with van der Waals surface area (Å²) in [5.74, 6) is -0.271. The number of Topliss-reactive ketones (excluding diaryl/α,β-unsaturated/α-hetero) is 1. The number of amides is 2. The number of ketones is 1. The second-order valence-corrected chi connectivity index (χ2v) is 7.77. The van der Waals surface area contributed by atoms with E-state index >= 15 is 0 Å². The molecule has 0 fully saturated rings. The molecule has 0 N–H and O–H groups in total. The van der Waals surface area contributed by atoms with E-state index in [1.54, 1.807) is 36.1 Å². The van der Waals surface area contributed by atoms with Crippen molar-refractivity contribution in [1.82, 2.24) is 9.80 Å². The largest absolute Gasteiger partial charge is 0.345 e. The van der Waals surface area contributed by atoms with Crippen LogP contribution in [0.5, 0.6) is 0 Å². The first kappa shape index (κ1) is 22.2. The van der Waals surface area contributed by atoms with Crippen LogP contribution in [0, 0.1) is 0 Å². The summed E-state index contributed by atoms with van der Waals surface area (Å²) in [4.78, 5) is 40.7. The Kier molecular flexibility index (Phi) is 6.84. The molecule has 162 valence electrons. The van der Waals surface area contributed by atoms with E-state index in [1.807, 2.05) is 49.4 Å². The van der Waals surface area contributed by atoms with Gasteiger partial charge >= 0.3 is 0 Å². The molecule has 1 aliphatic heterocycles. The molecular formula is C24H28N4O3. The molecular weight excluding hydrogens is 392 g/mol. The van der Waals surface area contributed by atoms with E-state index in [4.69, 9.17) is 0 Å². The molecule has 1 aliphatic rings. The van der Waals surface area contributed by atoms with Gasteiger partial charge in [0.1, 0.15) is 11.8 Å². The third-order valence-corrected chi connectivity index (χ3v) is 5.30. The first-order valence-corrected chi connectivity index (χ1v) is 10.3. The lowest BCUT2D eigenvalue weighted by atomic mass is 10.1. The monoisotopic (exact) mass is 420 g/mol. The highest BCUT2D eigenvalue weighted by molar-refractivity contribution is 6.40. The van der Waals surface area contributed by atoms with Crippen LogP contribution in [0.25, 0.3) is 0 Å². The van der Waals surface area contributed by atoms with E-state index in [0.717, 1.165) is 11.3 Å². The van der Waals surface area contributed by atoms with Gasteiger partial charge in [0.05, 0.1) is 5.69 Å². The van der Waals surface area contributed by atoms with Crippen LogP contribution in [-0.2, 0) is 16.1 Å². The summed E-state index contributed by atoms with van der Waals surface area (Å²) in [6.07, 6.45) is 0.288. The van der Waals surface area contributed by atoms with Crippen molar-refractivity contribution in [2.24, 2.45) is 5.10 Å². The molecule has 0 spiro atoms. The minimum Gasteiger partial charge on any atom is -0.345 e. The number of nitrogens with zero attached hydrogens (tertiary/aromatic N) is 4. The van der Waals surface area contributed by atoms with Crippen LogP contribution in [0.15, 0.2) is 59.7 Å². The fourth-order valence-corrected chi connectivity index (χ4v) is 3.52. The Morgan fingerprint density at radius 3 is 2.19 bits per heavy atom. The van der Waals surface area contributed by atoms with Gasteiger partial charge in [-0.15, -0.1) is 0 Å². The maximum atomic E-state index is 13.2. The molecule has 0 bridgehead atoms. The van der Waals surface area contributed by atoms with Gasteiger partial charge in [-0.25, -0.2) is 0 Å². The van der Waals surface area contributed by atoms with Crippen LogP contribution >= 0.6 is 0 Å². The predicted octanol–water partition coefficient (Wildman–Crippen LogP) is 2.96. The third kappa shape index (κ3) is 4.99. The summed E-state index contributed by atoms with van der Waals surface area (Å²) in [5.41, 5.74) is 2.69. The third-order valence-electron chi connectivity index (χ3n) is 5.30. The fraction of sp³-hybridized carbons (Fsp3) is 0.333. The highest BCUT2D eigenvalue weighted by Crippen LogP contribution is 2.26. The van der Waals surface area contributed by atoms with Crippen LogP contribution in [0.2, 0.25) is 0 Å². The minimum absolute atomic E-state index is 0.0281. The van der Waals surface area contributed by atoms with E-state index in [0.29, 0.717) is 24.4 Å². The quantitative estimate of drug-likeness (QED) is 0.690. The second kappa shape index (κ2) is 9.55. The van der Waals surface area contributed by atoms with Crippen molar-refractivity contribution in [3.63, 3.8) is 0 Å². The van der Waals surface area contributed by atoms with Crippen LogP contribution in [0.3, 0.4) is 0 Å². The average molecular weight is 421 g/mol. The van der Waals surface area contributed by atoms with Crippen molar-refractivity contribution in [2.45, 2.75) is 32.9 Å². The SMILES string of the molecule is CCN(Cc1ccc(C(=O)N(C)C)cc1)C(=O)C1=NN(c2ccccc2)C(C(C)=O)C1. The molecule has 7 heteroatoms. The minimum atomic E-state index is -0.476. The van der Waals surface area contributed by atoms with Gasteiger partial charge in [-0.05, 0) is 43.7 Å². The van der Waals surface area contributed by atoms with Gasteiger partial charge in [0, 0.05) is 39.2 Å². The van der Waals surface area contributed by atoms with Gasteiger partial charge in [0.25, 0.3) is 11.8 Å². The highest BCUT2D eigenvalue weighted by Gasteiger charge is 2.35. The zero-order valence-electron chi connectivity index (χ0n) is 18.4. The lowest BCUT2D eigenvalue weighted by Gasteiger charge is -2.21. The Hall–Kier alpha value is -3.48. The molecule has 1 atom stereocenters. The van der Waals surface area contributed by atoms with E-state index in [9.17, 15) is 14.4 Å². The molecule has 0 aromatic heterocycles. The molecule has 1 heterocycles. The van der Waals surface area contributed by atoms with Crippen LogP contribution in [0.1, 0.15) is 36.2 Å². The van der Waals surface area contributed by atoms with Crippen molar-refractivity contribution >= 4 is 29.0 Å². The van der Waals surface area contributed by atoms with Crippen molar-refractivity contribution < 1.29 is 14.4 Å². The Morgan fingerprint density at radius 1 is 1.00 bits per heavy atom. The number of benzene rings is 2. The van der Waals surface area contributed by atoms with Gasteiger partial charge in [-0.3, -0.25) is 19.4 Å². The summed E-state index contributed by atoms with van der Waals surface area (Å²) < 4.78 is 0. The highest BCUT2D eigenvalue weighted by atomic mass is 16.2. The Bertz CT molecular complexity index is 984. The first-order chi connectivity index (χ1) is 14.8. The van der Waals surface area contributed by atoms with Gasteiger partial charge in [-0.1, -0.05) is 30.3 Å². The molecule has 2 amide bonds. The lowest BCUT2D eigenvalue weighted by Crippen LogP contribution is -2.37. The number of hydrogen-bond donors (Lipinski definition) is 0. The summed E-state index contributed by atoms with van der Waals surface area (Å²) in [5, 5.41) is 6.16.